The van der Waals surface area contributed by atoms with Gasteiger partial charge in [0.05, 0.1) is 11.4 Å². The molecule has 3 N–H and O–H groups in total. The van der Waals surface area contributed by atoms with Gasteiger partial charge in [-0.2, -0.15) is 0 Å². The highest BCUT2D eigenvalue weighted by atomic mass is 32.2. The maximum Gasteiger partial charge on any atom is 0.238 e. The molecule has 0 aliphatic carbocycles. The summed E-state index contributed by atoms with van der Waals surface area (Å²) in [5.74, 6) is 1.77. The lowest BCUT2D eigenvalue weighted by Gasteiger charge is -2.34. The van der Waals surface area contributed by atoms with Gasteiger partial charge < -0.3 is 15.0 Å². The minimum Gasteiger partial charge on any atom is -0.490 e. The molecule has 0 unspecified atom stereocenters. The fourth-order valence-electron chi connectivity index (χ4n) is 3.25. The summed E-state index contributed by atoms with van der Waals surface area (Å²) >= 11 is 0. The normalized spacial score (nSPS) is 15.9. The number of rotatable bonds is 6. The van der Waals surface area contributed by atoms with Crippen molar-refractivity contribution in [1.82, 2.24) is 10.2 Å². The number of hydrogen-bond donors (Lipinski definition) is 2. The molecule has 3 rings (SSSR count). The Balaban J connectivity index is 1.58. The molecule has 0 bridgehead atoms. The van der Waals surface area contributed by atoms with Crippen LogP contribution in [-0.2, 0) is 16.6 Å². The van der Waals surface area contributed by atoms with Crippen LogP contribution in [0.25, 0.3) is 0 Å². The van der Waals surface area contributed by atoms with Crippen molar-refractivity contribution >= 4 is 16.0 Å². The summed E-state index contributed by atoms with van der Waals surface area (Å²) in [7, 11) is -3.67. The van der Waals surface area contributed by atoms with E-state index in [4.69, 9.17) is 14.9 Å². The van der Waals surface area contributed by atoms with Crippen molar-refractivity contribution < 1.29 is 13.2 Å². The van der Waals surface area contributed by atoms with Gasteiger partial charge in [-0.25, -0.2) is 18.5 Å². The fourth-order valence-corrected chi connectivity index (χ4v) is 3.77. The molecule has 0 aromatic heterocycles. The number of hydrogen-bond acceptors (Lipinski definition) is 4. The fraction of sp³-hybridized carbons (Fsp3) is 0.381. The Bertz CT molecular complexity index is 907. The van der Waals surface area contributed by atoms with Crippen molar-refractivity contribution in [3.63, 3.8) is 0 Å². The van der Waals surface area contributed by atoms with Gasteiger partial charge in [0.15, 0.2) is 5.96 Å². The third kappa shape index (κ3) is 6.20. The minimum absolute atomic E-state index is 0.109. The lowest BCUT2D eigenvalue weighted by molar-refractivity contribution is 0.129. The maximum absolute atomic E-state index is 11.4. The van der Waals surface area contributed by atoms with Gasteiger partial charge >= 0.3 is 0 Å². The van der Waals surface area contributed by atoms with E-state index in [0.717, 1.165) is 49.7 Å². The number of nitrogens with zero attached hydrogens (tertiary/aromatic N) is 2. The number of ether oxygens (including phenoxy) is 1. The first-order valence-electron chi connectivity index (χ1n) is 9.82. The third-order valence-corrected chi connectivity index (χ3v) is 5.71. The lowest BCUT2D eigenvalue weighted by atomic mass is 10.1. The number of likely N-dealkylation sites (tertiary alicyclic amines) is 1. The van der Waals surface area contributed by atoms with Gasteiger partial charge in [-0.05, 0) is 36.8 Å². The number of aliphatic imine (C=N–C) groups is 1. The number of nitrogens with one attached hydrogen (secondary N) is 1. The Kier molecular flexibility index (Phi) is 7.11. The standard InChI is InChI=1S/C21H28N4O3S/c1-2-23-21(24-16-17-8-10-20(11-9-17)29(22,26)27)25-14-12-19(13-15-25)28-18-6-4-3-5-7-18/h3-11,19H,2,12-16H2,1H3,(H,23,24)(H2,22,26,27). The molecule has 1 fully saturated rings. The van der Waals surface area contributed by atoms with E-state index in [2.05, 4.69) is 10.2 Å². The van der Waals surface area contributed by atoms with Crippen LogP contribution in [0.1, 0.15) is 25.3 Å². The highest BCUT2D eigenvalue weighted by molar-refractivity contribution is 7.89. The zero-order valence-electron chi connectivity index (χ0n) is 16.6. The number of benzene rings is 2. The van der Waals surface area contributed by atoms with Crippen molar-refractivity contribution in [1.29, 1.82) is 0 Å². The zero-order chi connectivity index (χ0) is 20.7. The predicted octanol–water partition coefficient (Wildman–Crippen LogP) is 2.34. The van der Waals surface area contributed by atoms with Gasteiger partial charge in [0, 0.05) is 32.5 Å². The van der Waals surface area contributed by atoms with E-state index in [1.807, 2.05) is 37.3 Å². The summed E-state index contributed by atoms with van der Waals surface area (Å²) in [5.41, 5.74) is 0.926. The van der Waals surface area contributed by atoms with Crippen LogP contribution in [0.15, 0.2) is 64.5 Å². The van der Waals surface area contributed by atoms with Crippen LogP contribution in [0, 0.1) is 0 Å². The second kappa shape index (κ2) is 9.76. The molecule has 0 amide bonds. The molecule has 1 heterocycles. The number of piperidine rings is 1. The van der Waals surface area contributed by atoms with Crippen molar-refractivity contribution in [3.05, 3.63) is 60.2 Å². The largest absolute Gasteiger partial charge is 0.490 e. The van der Waals surface area contributed by atoms with Crippen LogP contribution in [0.3, 0.4) is 0 Å². The SMILES string of the molecule is CCNC(=NCc1ccc(S(N)(=O)=O)cc1)N1CCC(Oc2ccccc2)CC1. The first-order valence-corrected chi connectivity index (χ1v) is 11.4. The Hall–Kier alpha value is -2.58. The first-order chi connectivity index (χ1) is 14.0. The molecule has 1 aliphatic heterocycles. The highest BCUT2D eigenvalue weighted by Crippen LogP contribution is 2.19. The van der Waals surface area contributed by atoms with Crippen molar-refractivity contribution in [2.45, 2.75) is 37.3 Å². The molecule has 0 saturated carbocycles. The molecule has 2 aromatic carbocycles. The summed E-state index contributed by atoms with van der Waals surface area (Å²) < 4.78 is 28.8. The minimum atomic E-state index is -3.67. The molecule has 1 saturated heterocycles. The van der Waals surface area contributed by atoms with E-state index in [0.29, 0.717) is 6.54 Å². The highest BCUT2D eigenvalue weighted by Gasteiger charge is 2.22. The van der Waals surface area contributed by atoms with Crippen LogP contribution < -0.4 is 15.2 Å². The lowest BCUT2D eigenvalue weighted by Crippen LogP contribution is -2.47. The van der Waals surface area contributed by atoms with Gasteiger partial charge in [0.2, 0.25) is 10.0 Å². The number of primary sulfonamides is 1. The van der Waals surface area contributed by atoms with Crippen LogP contribution in [-0.4, -0.2) is 45.0 Å². The number of sulfonamides is 1. The topological polar surface area (TPSA) is 97.0 Å². The summed E-state index contributed by atoms with van der Waals surface area (Å²) in [5, 5.41) is 8.49. The van der Waals surface area contributed by atoms with Crippen molar-refractivity contribution in [2.75, 3.05) is 19.6 Å². The zero-order valence-corrected chi connectivity index (χ0v) is 17.4. The Morgan fingerprint density at radius 3 is 2.38 bits per heavy atom. The molecule has 8 heteroatoms. The van der Waals surface area contributed by atoms with Crippen LogP contribution >= 0.6 is 0 Å². The first kappa shape index (κ1) is 21.1. The molecule has 2 aromatic rings. The number of nitrogens with two attached hydrogens (primary N) is 1. The van der Waals surface area contributed by atoms with Gasteiger partial charge in [-0.3, -0.25) is 0 Å². The summed E-state index contributed by atoms with van der Waals surface area (Å²) in [6, 6.07) is 16.4. The molecule has 1 aliphatic rings. The molecular formula is C21H28N4O3S. The van der Waals surface area contributed by atoms with Crippen molar-refractivity contribution in [3.8, 4) is 5.75 Å². The van der Waals surface area contributed by atoms with Crippen LogP contribution in [0.2, 0.25) is 0 Å². The second-order valence-electron chi connectivity index (χ2n) is 6.98. The van der Waals surface area contributed by atoms with Crippen LogP contribution in [0.5, 0.6) is 5.75 Å². The molecule has 29 heavy (non-hydrogen) atoms. The molecule has 0 radical (unpaired) electrons. The Labute approximate surface area is 172 Å². The number of guanidine groups is 1. The van der Waals surface area contributed by atoms with E-state index in [1.54, 1.807) is 12.1 Å². The molecule has 0 atom stereocenters. The summed E-state index contributed by atoms with van der Waals surface area (Å²) in [6.45, 7) is 5.03. The maximum atomic E-state index is 11.4. The average Bonchev–Trinajstić information content (AvgIpc) is 2.72. The second-order valence-corrected chi connectivity index (χ2v) is 8.54. The third-order valence-electron chi connectivity index (χ3n) is 4.79. The van der Waals surface area contributed by atoms with Gasteiger partial charge in [0.1, 0.15) is 11.9 Å². The van der Waals surface area contributed by atoms with E-state index >= 15 is 0 Å². The van der Waals surface area contributed by atoms with Crippen molar-refractivity contribution in [2.24, 2.45) is 10.1 Å². The predicted molar refractivity (Wildman–Crippen MR) is 114 cm³/mol. The Morgan fingerprint density at radius 2 is 1.79 bits per heavy atom. The monoisotopic (exact) mass is 416 g/mol. The average molecular weight is 417 g/mol. The van der Waals surface area contributed by atoms with E-state index < -0.39 is 10.0 Å². The quantitative estimate of drug-likeness (QED) is 0.557. The molecular weight excluding hydrogens is 388 g/mol. The van der Waals surface area contributed by atoms with E-state index in [-0.39, 0.29) is 11.0 Å². The molecule has 7 nitrogen and oxygen atoms in total. The molecule has 156 valence electrons. The summed E-state index contributed by atoms with van der Waals surface area (Å²) in [6.07, 6.45) is 2.08. The van der Waals surface area contributed by atoms with Gasteiger partial charge in [-0.1, -0.05) is 30.3 Å². The smallest absolute Gasteiger partial charge is 0.238 e. The van der Waals surface area contributed by atoms with Gasteiger partial charge in [0.25, 0.3) is 0 Å². The number of para-hydroxylation sites is 1. The molecule has 0 spiro atoms. The van der Waals surface area contributed by atoms with E-state index in [1.165, 1.54) is 12.1 Å². The Morgan fingerprint density at radius 1 is 1.14 bits per heavy atom. The van der Waals surface area contributed by atoms with E-state index in [9.17, 15) is 8.42 Å². The van der Waals surface area contributed by atoms with Crippen LogP contribution in [0.4, 0.5) is 0 Å². The van der Waals surface area contributed by atoms with Gasteiger partial charge in [-0.15, -0.1) is 0 Å². The summed E-state index contributed by atoms with van der Waals surface area (Å²) in [4.78, 5) is 7.07.